The van der Waals surface area contributed by atoms with Gasteiger partial charge in [0.05, 0.1) is 18.8 Å². The number of rotatable bonds is 6. The third-order valence-electron chi connectivity index (χ3n) is 5.69. The molecule has 1 atom stereocenters. The molecule has 0 saturated heterocycles. The zero-order valence-corrected chi connectivity index (χ0v) is 15.9. The Morgan fingerprint density at radius 2 is 1.97 bits per heavy atom. The van der Waals surface area contributed by atoms with Crippen LogP contribution < -0.4 is 10.6 Å². The van der Waals surface area contributed by atoms with Crippen molar-refractivity contribution in [3.63, 3.8) is 0 Å². The molecule has 2 aromatic heterocycles. The molecule has 0 bridgehead atoms. The third-order valence-corrected chi connectivity index (χ3v) is 5.69. The van der Waals surface area contributed by atoms with Gasteiger partial charge in [-0.2, -0.15) is 5.10 Å². The number of nitrogens with zero attached hydrogens (tertiary/aromatic N) is 3. The Morgan fingerprint density at radius 1 is 1.14 bits per heavy atom. The zero-order valence-electron chi connectivity index (χ0n) is 15.9. The number of halogens is 1. The summed E-state index contributed by atoms with van der Waals surface area (Å²) >= 11 is 0. The molecule has 3 aromatic rings. The Hall–Kier alpha value is -3.22. The molecule has 0 unspecified atom stereocenters. The number of fused-ring (bicyclic) bond motifs is 1. The van der Waals surface area contributed by atoms with Crippen LogP contribution in [0.3, 0.4) is 0 Å². The topological polar surface area (TPSA) is 71.8 Å². The molecule has 1 saturated carbocycles. The van der Waals surface area contributed by atoms with Crippen molar-refractivity contribution >= 4 is 11.7 Å². The van der Waals surface area contributed by atoms with Gasteiger partial charge < -0.3 is 10.6 Å². The van der Waals surface area contributed by atoms with E-state index in [1.54, 1.807) is 35.4 Å². The largest absolute Gasteiger partial charge is 0.331 e. The van der Waals surface area contributed by atoms with E-state index in [1.165, 1.54) is 12.8 Å². The Morgan fingerprint density at radius 3 is 2.76 bits per heavy atom. The number of hydrogen-bond donors (Lipinski definition) is 2. The summed E-state index contributed by atoms with van der Waals surface area (Å²) in [6, 6.07) is 6.75. The molecule has 0 spiro atoms. The van der Waals surface area contributed by atoms with Crippen LogP contribution in [0.1, 0.15) is 42.9 Å². The van der Waals surface area contributed by atoms with Gasteiger partial charge in [0.1, 0.15) is 5.82 Å². The lowest BCUT2D eigenvalue weighted by atomic mass is 9.95. The molecular formula is C22H22FN5O. The van der Waals surface area contributed by atoms with Gasteiger partial charge in [0.2, 0.25) is 0 Å². The molecule has 6 nitrogen and oxygen atoms in total. The third kappa shape index (κ3) is 3.85. The summed E-state index contributed by atoms with van der Waals surface area (Å²) in [6.07, 6.45) is 11.5. The lowest BCUT2D eigenvalue weighted by Gasteiger charge is -2.28. The van der Waals surface area contributed by atoms with E-state index in [0.29, 0.717) is 17.8 Å². The SMILES string of the molecule is O=C1Nc2cc(Cn3cc(-c4ccncc4)cn3)c(F)cc2[C@H](CCC2CC2)N1. The number of amides is 2. The molecule has 1 aromatic carbocycles. The molecule has 3 heterocycles. The molecule has 148 valence electrons. The van der Waals surface area contributed by atoms with Crippen LogP contribution in [0.4, 0.5) is 14.9 Å². The number of carbonyl (C=O) groups excluding carboxylic acids is 1. The summed E-state index contributed by atoms with van der Waals surface area (Å²) in [5, 5.41) is 10.1. The second-order valence-electron chi connectivity index (χ2n) is 7.87. The summed E-state index contributed by atoms with van der Waals surface area (Å²) in [7, 11) is 0. The molecule has 2 aliphatic rings. The van der Waals surface area contributed by atoms with Gasteiger partial charge in [-0.05, 0) is 48.6 Å². The maximum Gasteiger partial charge on any atom is 0.319 e. The minimum atomic E-state index is -0.279. The molecule has 1 aliphatic carbocycles. The molecule has 29 heavy (non-hydrogen) atoms. The lowest BCUT2D eigenvalue weighted by molar-refractivity contribution is 0.246. The maximum atomic E-state index is 14.9. The minimum absolute atomic E-state index is 0.133. The summed E-state index contributed by atoms with van der Waals surface area (Å²) in [5.41, 5.74) is 3.96. The van der Waals surface area contributed by atoms with E-state index >= 15 is 0 Å². The van der Waals surface area contributed by atoms with Crippen molar-refractivity contribution in [1.82, 2.24) is 20.1 Å². The average molecular weight is 391 g/mol. The summed E-state index contributed by atoms with van der Waals surface area (Å²) in [5.74, 6) is 0.489. The predicted molar refractivity (Wildman–Crippen MR) is 108 cm³/mol. The van der Waals surface area contributed by atoms with Crippen LogP contribution in [0, 0.1) is 11.7 Å². The Labute approximate surface area is 168 Å². The second-order valence-corrected chi connectivity index (χ2v) is 7.87. The van der Waals surface area contributed by atoms with E-state index in [2.05, 4.69) is 20.7 Å². The first-order valence-electron chi connectivity index (χ1n) is 9.98. The number of aromatic nitrogens is 3. The fourth-order valence-electron chi connectivity index (χ4n) is 3.90. The van der Waals surface area contributed by atoms with Crippen molar-refractivity contribution in [3.05, 3.63) is 66.0 Å². The summed E-state index contributed by atoms with van der Waals surface area (Å²) in [4.78, 5) is 16.1. The van der Waals surface area contributed by atoms with Crippen LogP contribution in [0.25, 0.3) is 11.1 Å². The number of benzene rings is 1. The summed E-state index contributed by atoms with van der Waals surface area (Å²) in [6.45, 7) is 0.292. The van der Waals surface area contributed by atoms with Crippen molar-refractivity contribution in [2.24, 2.45) is 5.92 Å². The van der Waals surface area contributed by atoms with Gasteiger partial charge in [-0.15, -0.1) is 0 Å². The number of pyridine rings is 1. The number of anilines is 1. The molecule has 2 amide bonds. The van der Waals surface area contributed by atoms with Crippen LogP contribution in [-0.4, -0.2) is 20.8 Å². The number of urea groups is 1. The molecule has 1 fully saturated rings. The monoisotopic (exact) mass is 391 g/mol. The highest BCUT2D eigenvalue weighted by Crippen LogP contribution is 2.38. The maximum absolute atomic E-state index is 14.9. The Bertz CT molecular complexity index is 1040. The lowest BCUT2D eigenvalue weighted by Crippen LogP contribution is -2.38. The molecule has 5 rings (SSSR count). The van der Waals surface area contributed by atoms with Gasteiger partial charge in [-0.3, -0.25) is 9.67 Å². The van der Waals surface area contributed by atoms with Crippen molar-refractivity contribution in [2.75, 3.05) is 5.32 Å². The molecule has 7 heteroatoms. The van der Waals surface area contributed by atoms with E-state index in [-0.39, 0.29) is 17.9 Å². The first kappa shape index (κ1) is 17.8. The normalized spacial score (nSPS) is 18.1. The molecular weight excluding hydrogens is 369 g/mol. The standard InChI is InChI=1S/C22H22FN5O/c23-19-10-18-20(4-3-14-1-2-14)26-22(29)27-21(18)9-16(19)12-28-13-17(11-25-28)15-5-7-24-8-6-15/h5-11,13-14,20H,1-4,12H2,(H2,26,27,29)/t20-/m0/s1. The predicted octanol–water partition coefficient (Wildman–Crippen LogP) is 4.50. The smallest absolute Gasteiger partial charge is 0.319 e. The quantitative estimate of drug-likeness (QED) is 0.650. The highest BCUT2D eigenvalue weighted by Gasteiger charge is 2.29. The van der Waals surface area contributed by atoms with Gasteiger partial charge in [-0.1, -0.05) is 12.8 Å². The van der Waals surface area contributed by atoms with E-state index < -0.39 is 0 Å². The van der Waals surface area contributed by atoms with Crippen molar-refractivity contribution in [3.8, 4) is 11.1 Å². The van der Waals surface area contributed by atoms with E-state index in [0.717, 1.165) is 35.4 Å². The molecule has 1 aliphatic heterocycles. The number of hydrogen-bond acceptors (Lipinski definition) is 3. The van der Waals surface area contributed by atoms with Gasteiger partial charge in [0.15, 0.2) is 0 Å². The van der Waals surface area contributed by atoms with Gasteiger partial charge in [-0.25, -0.2) is 9.18 Å². The van der Waals surface area contributed by atoms with Gasteiger partial charge in [0, 0.05) is 41.0 Å². The van der Waals surface area contributed by atoms with E-state index in [4.69, 9.17) is 0 Å². The first-order valence-corrected chi connectivity index (χ1v) is 9.98. The highest BCUT2D eigenvalue weighted by atomic mass is 19.1. The van der Waals surface area contributed by atoms with Gasteiger partial charge >= 0.3 is 6.03 Å². The van der Waals surface area contributed by atoms with Crippen LogP contribution in [0.15, 0.2) is 49.1 Å². The van der Waals surface area contributed by atoms with Crippen molar-refractivity contribution in [2.45, 2.75) is 38.3 Å². The van der Waals surface area contributed by atoms with Crippen molar-refractivity contribution < 1.29 is 9.18 Å². The number of nitrogens with one attached hydrogen (secondary N) is 2. The average Bonchev–Trinajstić information content (AvgIpc) is 3.44. The molecule has 2 N–H and O–H groups in total. The fraction of sp³-hybridized carbons (Fsp3) is 0.318. The molecule has 0 radical (unpaired) electrons. The summed E-state index contributed by atoms with van der Waals surface area (Å²) < 4.78 is 16.6. The highest BCUT2D eigenvalue weighted by molar-refractivity contribution is 5.93. The van der Waals surface area contributed by atoms with Crippen LogP contribution in [-0.2, 0) is 6.54 Å². The van der Waals surface area contributed by atoms with Gasteiger partial charge in [0.25, 0.3) is 0 Å². The van der Waals surface area contributed by atoms with Crippen LogP contribution in [0.5, 0.6) is 0 Å². The fourth-order valence-corrected chi connectivity index (χ4v) is 3.90. The minimum Gasteiger partial charge on any atom is -0.331 e. The Kier molecular flexibility index (Phi) is 4.50. The Balaban J connectivity index is 1.38. The zero-order chi connectivity index (χ0) is 19.8. The van der Waals surface area contributed by atoms with Crippen LogP contribution in [0.2, 0.25) is 0 Å². The number of carbonyl (C=O) groups is 1. The van der Waals surface area contributed by atoms with Crippen LogP contribution >= 0.6 is 0 Å². The van der Waals surface area contributed by atoms with E-state index in [1.807, 2.05) is 18.3 Å². The first-order chi connectivity index (χ1) is 14.2. The second kappa shape index (κ2) is 7.31. The van der Waals surface area contributed by atoms with Crippen molar-refractivity contribution in [1.29, 1.82) is 0 Å². The van der Waals surface area contributed by atoms with E-state index in [9.17, 15) is 9.18 Å².